The normalized spacial score (nSPS) is 20.2. The molecule has 2 N–H and O–H groups in total. The highest BCUT2D eigenvalue weighted by Gasteiger charge is 2.34. The van der Waals surface area contributed by atoms with Crippen molar-refractivity contribution in [3.63, 3.8) is 0 Å². The molecule has 0 atom stereocenters. The van der Waals surface area contributed by atoms with Crippen molar-refractivity contribution in [3.8, 4) is 0 Å². The Labute approximate surface area is 76.7 Å². The first kappa shape index (κ1) is 8.02. The lowest BCUT2D eigenvalue weighted by Gasteiger charge is -2.38. The van der Waals surface area contributed by atoms with Crippen molar-refractivity contribution < 1.29 is 0 Å². The minimum Gasteiger partial charge on any atom is -0.321 e. The van der Waals surface area contributed by atoms with Crippen molar-refractivity contribution in [1.82, 2.24) is 4.98 Å². The van der Waals surface area contributed by atoms with E-state index in [1.54, 1.807) is 6.20 Å². The molecule has 3 heteroatoms. The summed E-state index contributed by atoms with van der Waals surface area (Å²) in [6.07, 6.45) is 5.06. The number of hydrogen-bond donors (Lipinski definition) is 1. The maximum absolute atomic E-state index is 6.11. The molecule has 0 amide bonds. The summed E-state index contributed by atoms with van der Waals surface area (Å²) >= 11 is 5.77. The molecule has 0 radical (unpaired) electrons. The highest BCUT2D eigenvalue weighted by atomic mass is 35.5. The van der Waals surface area contributed by atoms with Gasteiger partial charge in [-0.15, -0.1) is 0 Å². The van der Waals surface area contributed by atoms with Crippen LogP contribution >= 0.6 is 11.6 Å². The molecule has 2 rings (SSSR count). The molecule has 2 nitrogen and oxygen atoms in total. The molecule has 64 valence electrons. The lowest BCUT2D eigenvalue weighted by molar-refractivity contribution is 0.253. The molecule has 1 saturated carbocycles. The fourth-order valence-corrected chi connectivity index (χ4v) is 1.73. The van der Waals surface area contributed by atoms with Crippen LogP contribution in [0.3, 0.4) is 0 Å². The molecule has 1 aliphatic carbocycles. The molecule has 0 aromatic carbocycles. The van der Waals surface area contributed by atoms with Crippen molar-refractivity contribution in [2.24, 2.45) is 5.73 Å². The van der Waals surface area contributed by atoms with Gasteiger partial charge in [-0.1, -0.05) is 11.6 Å². The Morgan fingerprint density at radius 1 is 1.50 bits per heavy atom. The maximum atomic E-state index is 6.11. The summed E-state index contributed by atoms with van der Waals surface area (Å²) in [7, 11) is 0. The quantitative estimate of drug-likeness (QED) is 0.676. The Balaban J connectivity index is 2.33. The van der Waals surface area contributed by atoms with Crippen LogP contribution in [0.15, 0.2) is 18.3 Å². The summed E-state index contributed by atoms with van der Waals surface area (Å²) < 4.78 is 0. The van der Waals surface area contributed by atoms with E-state index in [0.717, 1.165) is 18.4 Å². The van der Waals surface area contributed by atoms with E-state index < -0.39 is 0 Å². The lowest BCUT2D eigenvalue weighted by atomic mass is 9.73. The van der Waals surface area contributed by atoms with Crippen LogP contribution in [0.25, 0.3) is 0 Å². The second kappa shape index (κ2) is 2.71. The van der Waals surface area contributed by atoms with E-state index in [-0.39, 0.29) is 5.54 Å². The van der Waals surface area contributed by atoms with Gasteiger partial charge in [-0.25, -0.2) is 4.98 Å². The lowest BCUT2D eigenvalue weighted by Crippen LogP contribution is -2.43. The highest BCUT2D eigenvalue weighted by molar-refractivity contribution is 6.29. The molecule has 0 aliphatic heterocycles. The Morgan fingerprint density at radius 2 is 2.25 bits per heavy atom. The number of nitrogens with zero attached hydrogens (tertiary/aromatic N) is 1. The zero-order chi connectivity index (χ0) is 8.60. The van der Waals surface area contributed by atoms with Gasteiger partial charge in [-0.3, -0.25) is 0 Å². The number of nitrogens with two attached hydrogens (primary N) is 1. The fourth-order valence-electron chi connectivity index (χ4n) is 1.56. The molecule has 1 fully saturated rings. The summed E-state index contributed by atoms with van der Waals surface area (Å²) in [5.74, 6) is 0. The number of aromatic nitrogens is 1. The van der Waals surface area contributed by atoms with Crippen LogP contribution in [0.2, 0.25) is 5.15 Å². The van der Waals surface area contributed by atoms with Crippen LogP contribution in [0.4, 0.5) is 0 Å². The van der Waals surface area contributed by atoms with E-state index in [2.05, 4.69) is 4.98 Å². The maximum Gasteiger partial charge on any atom is 0.129 e. The molecular formula is C9H11ClN2. The second-order valence-electron chi connectivity index (χ2n) is 3.38. The Morgan fingerprint density at radius 3 is 2.75 bits per heavy atom. The van der Waals surface area contributed by atoms with Gasteiger partial charge in [0, 0.05) is 11.7 Å². The number of rotatable bonds is 1. The molecule has 0 unspecified atom stereocenters. The summed E-state index contributed by atoms with van der Waals surface area (Å²) in [5, 5.41) is 0.532. The predicted octanol–water partition coefficient (Wildman–Crippen LogP) is 2.07. The minimum atomic E-state index is -0.118. The van der Waals surface area contributed by atoms with Crippen LogP contribution in [0.1, 0.15) is 24.8 Å². The van der Waals surface area contributed by atoms with Crippen molar-refractivity contribution >= 4 is 11.6 Å². The molecule has 1 heterocycles. The van der Waals surface area contributed by atoms with Gasteiger partial charge in [0.15, 0.2) is 0 Å². The Kier molecular flexibility index (Phi) is 1.81. The smallest absolute Gasteiger partial charge is 0.129 e. The molecule has 1 aliphatic rings. The van der Waals surface area contributed by atoms with Crippen LogP contribution in [-0.4, -0.2) is 4.98 Å². The van der Waals surface area contributed by atoms with Gasteiger partial charge in [-0.2, -0.15) is 0 Å². The zero-order valence-electron chi connectivity index (χ0n) is 6.76. The van der Waals surface area contributed by atoms with E-state index in [4.69, 9.17) is 17.3 Å². The van der Waals surface area contributed by atoms with E-state index in [9.17, 15) is 0 Å². The Bertz CT molecular complexity index is 294. The first-order valence-electron chi connectivity index (χ1n) is 4.12. The number of pyridine rings is 1. The van der Waals surface area contributed by atoms with Crippen molar-refractivity contribution in [1.29, 1.82) is 0 Å². The second-order valence-corrected chi connectivity index (χ2v) is 3.76. The summed E-state index contributed by atoms with van der Waals surface area (Å²) in [5.41, 5.74) is 7.11. The van der Waals surface area contributed by atoms with E-state index in [1.807, 2.05) is 12.1 Å². The van der Waals surface area contributed by atoms with Crippen LogP contribution in [0, 0.1) is 0 Å². The SMILES string of the molecule is NC1(c2ccnc(Cl)c2)CCC1. The fraction of sp³-hybridized carbons (Fsp3) is 0.444. The molecule has 12 heavy (non-hydrogen) atoms. The standard InChI is InChI=1S/C9H11ClN2/c10-8-6-7(2-5-12-8)9(11)3-1-4-9/h2,5-6H,1,3-4,11H2. The van der Waals surface area contributed by atoms with Crippen LogP contribution in [0.5, 0.6) is 0 Å². The average Bonchev–Trinajstić information content (AvgIpc) is 2.00. The third-order valence-electron chi connectivity index (χ3n) is 2.55. The molecular weight excluding hydrogens is 172 g/mol. The molecule has 0 bridgehead atoms. The average molecular weight is 183 g/mol. The first-order valence-corrected chi connectivity index (χ1v) is 4.49. The molecule has 1 aromatic heterocycles. The van der Waals surface area contributed by atoms with Gasteiger partial charge >= 0.3 is 0 Å². The third-order valence-corrected chi connectivity index (χ3v) is 2.75. The highest BCUT2D eigenvalue weighted by Crippen LogP contribution is 2.38. The summed E-state index contributed by atoms with van der Waals surface area (Å²) in [6.45, 7) is 0. The van der Waals surface area contributed by atoms with Gasteiger partial charge in [0.2, 0.25) is 0 Å². The zero-order valence-corrected chi connectivity index (χ0v) is 7.51. The first-order chi connectivity index (χ1) is 5.71. The van der Waals surface area contributed by atoms with Gasteiger partial charge < -0.3 is 5.73 Å². The summed E-state index contributed by atoms with van der Waals surface area (Å²) in [4.78, 5) is 3.92. The predicted molar refractivity (Wildman–Crippen MR) is 49.0 cm³/mol. The van der Waals surface area contributed by atoms with Gasteiger partial charge in [-0.05, 0) is 37.0 Å². The van der Waals surface area contributed by atoms with Crippen molar-refractivity contribution in [2.45, 2.75) is 24.8 Å². The van der Waals surface area contributed by atoms with Crippen LogP contribution in [-0.2, 0) is 5.54 Å². The Hall–Kier alpha value is -0.600. The van der Waals surface area contributed by atoms with E-state index in [0.29, 0.717) is 5.15 Å². The molecule has 1 aromatic rings. The molecule has 0 saturated heterocycles. The van der Waals surface area contributed by atoms with E-state index >= 15 is 0 Å². The van der Waals surface area contributed by atoms with E-state index in [1.165, 1.54) is 6.42 Å². The van der Waals surface area contributed by atoms with Crippen LogP contribution < -0.4 is 5.73 Å². The van der Waals surface area contributed by atoms with Crippen molar-refractivity contribution in [2.75, 3.05) is 0 Å². The largest absolute Gasteiger partial charge is 0.321 e. The number of hydrogen-bond acceptors (Lipinski definition) is 2. The monoisotopic (exact) mass is 182 g/mol. The van der Waals surface area contributed by atoms with Gasteiger partial charge in [0.25, 0.3) is 0 Å². The topological polar surface area (TPSA) is 38.9 Å². The third kappa shape index (κ3) is 1.21. The molecule has 0 spiro atoms. The minimum absolute atomic E-state index is 0.118. The van der Waals surface area contributed by atoms with Crippen molar-refractivity contribution in [3.05, 3.63) is 29.0 Å². The van der Waals surface area contributed by atoms with Gasteiger partial charge in [0.05, 0.1) is 0 Å². The number of halogens is 1. The summed E-state index contributed by atoms with van der Waals surface area (Å²) in [6, 6.07) is 3.81. The van der Waals surface area contributed by atoms with Gasteiger partial charge in [0.1, 0.15) is 5.15 Å².